The first kappa shape index (κ1) is 54.2. The van der Waals surface area contributed by atoms with Gasteiger partial charge >= 0.3 is 60.1 Å². The zero-order valence-electron chi connectivity index (χ0n) is 28.4. The molecule has 0 unspecified atom stereocenters. The van der Waals surface area contributed by atoms with Gasteiger partial charge in [-0.15, -0.1) is 0 Å². The largest absolute Gasteiger partial charge is 0 e. The van der Waals surface area contributed by atoms with Crippen LogP contribution in [0.2, 0.25) is 0 Å². The van der Waals surface area contributed by atoms with Crippen LogP contribution in [0.4, 0.5) is 0 Å². The van der Waals surface area contributed by atoms with Crippen molar-refractivity contribution >= 4 is 31.7 Å². The second-order valence-corrected chi connectivity index (χ2v) is 23.6. The molecule has 1 aromatic rings. The van der Waals surface area contributed by atoms with Gasteiger partial charge in [-0.2, -0.15) is 0 Å². The third-order valence-electron chi connectivity index (χ3n) is 7.15. The van der Waals surface area contributed by atoms with E-state index >= 15 is 0 Å². The molecule has 0 radical (unpaired) electrons. The molecule has 40 heavy (non-hydrogen) atoms. The van der Waals surface area contributed by atoms with E-state index in [0.29, 0.717) is 11.1 Å². The smallest absolute Gasteiger partial charge is 0 e. The van der Waals surface area contributed by atoms with Crippen LogP contribution in [0.1, 0.15) is 97.1 Å². The molecule has 0 atom stereocenters. The minimum atomic E-state index is 0. The van der Waals surface area contributed by atoms with Gasteiger partial charge in [-0.1, -0.05) is 0 Å². The maximum absolute atomic E-state index is 6.78. The second-order valence-electron chi connectivity index (χ2n) is 9.07. The van der Waals surface area contributed by atoms with Gasteiger partial charge in [0.15, 0.2) is 0 Å². The number of benzene rings is 1. The van der Waals surface area contributed by atoms with Gasteiger partial charge in [0, 0.05) is 45.0 Å². The van der Waals surface area contributed by atoms with Crippen molar-refractivity contribution in [2.75, 3.05) is 73.9 Å². The van der Waals surface area contributed by atoms with Crippen LogP contribution in [0.3, 0.4) is 0 Å². The second kappa shape index (κ2) is 45.1. The average Bonchev–Trinajstić information content (AvgIpc) is 2.98. The molecule has 0 fully saturated rings. The predicted molar refractivity (Wildman–Crippen MR) is 203 cm³/mol. The van der Waals surface area contributed by atoms with E-state index in [-0.39, 0.29) is 76.7 Å². The van der Waals surface area contributed by atoms with Crippen LogP contribution in [0.5, 0.6) is 0 Å². The molecule has 0 saturated carbocycles. The molecular formula is C34H72P4Pt2+4. The van der Waals surface area contributed by atoms with E-state index in [2.05, 4.69) is 94.9 Å². The number of hydrogen-bond acceptors (Lipinski definition) is 0. The van der Waals surface area contributed by atoms with Crippen molar-refractivity contribution < 1.29 is 45.0 Å². The summed E-state index contributed by atoms with van der Waals surface area (Å²) in [6, 6.07) is 6.97. The van der Waals surface area contributed by atoms with Crippen molar-refractivity contribution in [3.05, 3.63) is 48.2 Å². The Labute approximate surface area is 291 Å². The molecule has 244 valence electrons. The van der Waals surface area contributed by atoms with Gasteiger partial charge < -0.3 is 0 Å². The predicted octanol–water partition coefficient (Wildman–Crippen LogP) is 11.1. The summed E-state index contributed by atoms with van der Waals surface area (Å²) in [5, 5.41) is 0. The Morgan fingerprint density at radius 3 is 0.900 bits per heavy atom. The Kier molecular flexibility index (Phi) is 61.1. The van der Waals surface area contributed by atoms with E-state index in [1.54, 1.807) is 24.3 Å². The van der Waals surface area contributed by atoms with Gasteiger partial charge in [-0.3, -0.25) is 0 Å². The Hall–Kier alpha value is 1.66. The molecule has 0 aliphatic carbocycles. The maximum atomic E-state index is 6.78. The minimum absolute atomic E-state index is 0. The summed E-state index contributed by atoms with van der Waals surface area (Å²) >= 11 is 0. The van der Waals surface area contributed by atoms with Gasteiger partial charge in [0.1, 0.15) is 0 Å². The van der Waals surface area contributed by atoms with Gasteiger partial charge in [0.05, 0.1) is 73.9 Å². The summed E-state index contributed by atoms with van der Waals surface area (Å²) in [6.07, 6.45) is 31.0. The van der Waals surface area contributed by atoms with Crippen molar-refractivity contribution in [2.24, 2.45) is 0 Å². The van der Waals surface area contributed by atoms with E-state index in [9.17, 15) is 0 Å². The molecular weight excluding hydrogens is 922 g/mol. The quantitative estimate of drug-likeness (QED) is 0.111. The first-order valence-electron chi connectivity index (χ1n) is 15.5. The van der Waals surface area contributed by atoms with E-state index in [1.165, 1.54) is 73.9 Å². The Bertz CT molecular complexity index is 567. The first-order chi connectivity index (χ1) is 18.2. The van der Waals surface area contributed by atoms with E-state index in [0.717, 1.165) is 0 Å². The molecule has 0 amide bonds. The molecule has 0 heterocycles. The summed E-state index contributed by atoms with van der Waals surface area (Å²) < 4.78 is 0. The molecule has 0 nitrogen and oxygen atoms in total. The molecule has 0 bridgehead atoms. The van der Waals surface area contributed by atoms with Gasteiger partial charge in [0.2, 0.25) is 0 Å². The van der Waals surface area contributed by atoms with Crippen LogP contribution < -0.4 is 0 Å². The van der Waals surface area contributed by atoms with Gasteiger partial charge in [-0.25, -0.2) is 0 Å². The molecule has 0 N–H and O–H groups in total. The maximum Gasteiger partial charge on any atom is 0 e. The summed E-state index contributed by atoms with van der Waals surface area (Å²) in [4.78, 5) is 0. The summed E-state index contributed by atoms with van der Waals surface area (Å²) in [5.74, 6) is 4.46. The molecule has 0 aliphatic heterocycles. The van der Waals surface area contributed by atoms with Crippen molar-refractivity contribution in [1.82, 2.24) is 0 Å². The van der Waals surface area contributed by atoms with Crippen LogP contribution in [0.25, 0.3) is 0 Å². The Balaban J connectivity index is -0.0000000566. The standard InChI is InChI=1S/C10H4.4C6H15P.2Pt.2H2/c1-3-9-6-5-7-10(4-2)8-9;4*1-4-7(5-2)6-3;;;;/h5-8H;4*4-6H2,1-3H3;;;2*1H/p+4. The fourth-order valence-corrected chi connectivity index (χ4v) is 9.67. The topological polar surface area (TPSA) is 0 Å². The monoisotopic (exact) mass is 994 g/mol. The minimum Gasteiger partial charge on any atom is 0 e. The zero-order valence-corrected chi connectivity index (χ0v) is 37.0. The summed E-state index contributed by atoms with van der Waals surface area (Å²) in [7, 11) is 0.549. The molecule has 0 aromatic heterocycles. The average molecular weight is 995 g/mol. The summed E-state index contributed by atoms with van der Waals surface area (Å²) in [6.45, 7) is 27.7. The molecule has 1 rings (SSSR count). The third kappa shape index (κ3) is 37.7. The molecule has 6 heteroatoms. The fraction of sp³-hybridized carbons (Fsp3) is 0.706. The van der Waals surface area contributed by atoms with E-state index in [1.807, 2.05) is 0 Å². The van der Waals surface area contributed by atoms with Crippen molar-refractivity contribution in [2.45, 2.75) is 83.1 Å². The van der Waals surface area contributed by atoms with Crippen LogP contribution in [-0.2, 0) is 42.1 Å². The van der Waals surface area contributed by atoms with Crippen LogP contribution >= 0.6 is 31.7 Å². The first-order valence-corrected chi connectivity index (χ1v) is 24.0. The van der Waals surface area contributed by atoms with E-state index in [4.69, 9.17) is 12.8 Å². The molecule has 0 aliphatic rings. The van der Waals surface area contributed by atoms with Gasteiger partial charge in [0.25, 0.3) is 0 Å². The SMILES string of the molecule is CC[PH+](CC)CC.CC[PH+](CC)CC.CC[PH+](CC)CC.CC[PH+](CC)CC.[C+]#Cc1cccc(C#[C-])c1.[HH].[HH].[Pt].[Pt]. The van der Waals surface area contributed by atoms with Crippen LogP contribution in [0.15, 0.2) is 24.3 Å². The Morgan fingerprint density at radius 1 is 0.525 bits per heavy atom. The summed E-state index contributed by atoms with van der Waals surface area (Å²) in [5.41, 5.74) is 1.36. The van der Waals surface area contributed by atoms with Crippen LogP contribution in [-0.4, -0.2) is 73.9 Å². The molecule has 0 saturated heterocycles. The third-order valence-corrected chi connectivity index (χ3v) is 19.2. The molecule has 0 spiro atoms. The van der Waals surface area contributed by atoms with Crippen molar-refractivity contribution in [1.29, 1.82) is 0 Å². The van der Waals surface area contributed by atoms with E-state index < -0.39 is 0 Å². The Morgan fingerprint density at radius 2 is 0.750 bits per heavy atom. The normalized spacial score (nSPS) is 9.22. The zero-order chi connectivity index (χ0) is 30.2. The van der Waals surface area contributed by atoms with Crippen LogP contribution in [0, 0.1) is 24.7 Å². The van der Waals surface area contributed by atoms with Crippen molar-refractivity contribution in [3.63, 3.8) is 0 Å². The van der Waals surface area contributed by atoms with Gasteiger partial charge in [-0.05, 0) is 115 Å². The fourth-order valence-electron chi connectivity index (χ4n) is 3.67. The number of hydrogen-bond donors (Lipinski definition) is 0. The number of rotatable bonds is 12. The van der Waals surface area contributed by atoms with Crippen molar-refractivity contribution in [3.8, 4) is 11.8 Å². The molecule has 1 aromatic carbocycles.